The zero-order chi connectivity index (χ0) is 10.9. The molecule has 2 nitrogen and oxygen atoms in total. The van der Waals surface area contributed by atoms with E-state index in [9.17, 15) is 4.79 Å². The monoisotopic (exact) mass is 210 g/mol. The third-order valence-corrected chi connectivity index (χ3v) is 2.83. The molecule has 1 aliphatic rings. The molecule has 1 aliphatic heterocycles. The van der Waals surface area contributed by atoms with Gasteiger partial charge in [-0.2, -0.15) is 0 Å². The first-order valence-electron chi connectivity index (χ1n) is 6.17. The molecule has 0 radical (unpaired) electrons. The van der Waals surface area contributed by atoms with Gasteiger partial charge in [0.05, 0.1) is 6.26 Å². The van der Waals surface area contributed by atoms with E-state index in [2.05, 4.69) is 6.92 Å². The molecule has 0 saturated heterocycles. The number of hydrogen-bond donors (Lipinski definition) is 0. The summed E-state index contributed by atoms with van der Waals surface area (Å²) in [5, 5.41) is 0. The van der Waals surface area contributed by atoms with Crippen LogP contribution in [-0.4, -0.2) is 11.9 Å². The van der Waals surface area contributed by atoms with Crippen LogP contribution in [-0.2, 0) is 9.53 Å². The Kier molecular flexibility index (Phi) is 6.14. The van der Waals surface area contributed by atoms with E-state index in [1.807, 2.05) is 6.08 Å². The topological polar surface area (TPSA) is 26.3 Å². The van der Waals surface area contributed by atoms with Gasteiger partial charge in [-0.05, 0) is 12.5 Å². The second-order valence-electron chi connectivity index (χ2n) is 4.22. The van der Waals surface area contributed by atoms with Gasteiger partial charge in [-0.25, -0.2) is 0 Å². The molecule has 0 saturated carbocycles. The molecular formula is C13H22O2. The molecule has 86 valence electrons. The van der Waals surface area contributed by atoms with E-state index < -0.39 is 0 Å². The standard InChI is InChI=1S/C13H22O2/c1-2-3-4-5-6-7-9-12(14)13-10-8-11-15-13/h8,11,13H,2-7,9-10H2,1H3. The largest absolute Gasteiger partial charge is 0.490 e. The van der Waals surface area contributed by atoms with Crippen LogP contribution in [0.25, 0.3) is 0 Å². The van der Waals surface area contributed by atoms with Gasteiger partial charge >= 0.3 is 0 Å². The molecule has 0 aromatic carbocycles. The Morgan fingerprint density at radius 2 is 2.00 bits per heavy atom. The highest BCUT2D eigenvalue weighted by atomic mass is 16.5. The van der Waals surface area contributed by atoms with Crippen LogP contribution in [0.1, 0.15) is 58.3 Å². The van der Waals surface area contributed by atoms with E-state index in [-0.39, 0.29) is 11.9 Å². The molecule has 0 N–H and O–H groups in total. The Hall–Kier alpha value is -0.790. The molecule has 0 bridgehead atoms. The first-order valence-corrected chi connectivity index (χ1v) is 6.17. The fourth-order valence-electron chi connectivity index (χ4n) is 1.83. The minimum atomic E-state index is -0.166. The second kappa shape index (κ2) is 7.49. The Morgan fingerprint density at radius 1 is 1.27 bits per heavy atom. The van der Waals surface area contributed by atoms with Crippen LogP contribution < -0.4 is 0 Å². The van der Waals surface area contributed by atoms with Crippen molar-refractivity contribution < 1.29 is 9.53 Å². The van der Waals surface area contributed by atoms with Crippen molar-refractivity contribution in [3.63, 3.8) is 0 Å². The molecule has 1 atom stereocenters. The second-order valence-corrected chi connectivity index (χ2v) is 4.22. The number of carbonyl (C=O) groups excluding carboxylic acids is 1. The lowest BCUT2D eigenvalue weighted by Crippen LogP contribution is -2.18. The number of Topliss-reactive ketones (excluding diaryl/α,β-unsaturated/α-hetero) is 1. The molecule has 0 aliphatic carbocycles. The minimum absolute atomic E-state index is 0.166. The van der Waals surface area contributed by atoms with E-state index in [4.69, 9.17) is 4.74 Å². The average Bonchev–Trinajstić information content (AvgIpc) is 2.76. The van der Waals surface area contributed by atoms with Gasteiger partial charge < -0.3 is 4.74 Å². The van der Waals surface area contributed by atoms with Gasteiger partial charge in [0.15, 0.2) is 11.9 Å². The van der Waals surface area contributed by atoms with E-state index >= 15 is 0 Å². The molecule has 2 heteroatoms. The number of carbonyl (C=O) groups is 1. The normalized spacial score (nSPS) is 19.1. The van der Waals surface area contributed by atoms with Crippen molar-refractivity contribution in [2.75, 3.05) is 0 Å². The molecule has 0 aromatic heterocycles. The molecule has 0 fully saturated rings. The zero-order valence-electron chi connectivity index (χ0n) is 9.71. The van der Waals surface area contributed by atoms with Crippen LogP contribution >= 0.6 is 0 Å². The summed E-state index contributed by atoms with van der Waals surface area (Å²) in [7, 11) is 0. The SMILES string of the molecule is CCCCCCCCC(=O)C1CC=CO1. The van der Waals surface area contributed by atoms with Crippen LogP contribution in [0.2, 0.25) is 0 Å². The van der Waals surface area contributed by atoms with E-state index in [0.717, 1.165) is 12.8 Å². The molecule has 1 rings (SSSR count). The maximum absolute atomic E-state index is 11.6. The summed E-state index contributed by atoms with van der Waals surface area (Å²) < 4.78 is 5.18. The third-order valence-electron chi connectivity index (χ3n) is 2.83. The summed E-state index contributed by atoms with van der Waals surface area (Å²) in [5.41, 5.74) is 0. The van der Waals surface area contributed by atoms with Crippen LogP contribution in [0.15, 0.2) is 12.3 Å². The lowest BCUT2D eigenvalue weighted by molar-refractivity contribution is -0.126. The van der Waals surface area contributed by atoms with Gasteiger partial charge in [0.2, 0.25) is 0 Å². The summed E-state index contributed by atoms with van der Waals surface area (Å²) in [6.45, 7) is 2.22. The maximum atomic E-state index is 11.6. The average molecular weight is 210 g/mol. The fraction of sp³-hybridized carbons (Fsp3) is 0.769. The molecule has 0 spiro atoms. The van der Waals surface area contributed by atoms with Crippen molar-refractivity contribution in [3.8, 4) is 0 Å². The summed E-state index contributed by atoms with van der Waals surface area (Å²) in [6.07, 6.45) is 12.3. The highest BCUT2D eigenvalue weighted by Crippen LogP contribution is 2.14. The fourth-order valence-corrected chi connectivity index (χ4v) is 1.83. The van der Waals surface area contributed by atoms with Gasteiger partial charge in [-0.15, -0.1) is 0 Å². The molecule has 0 aromatic rings. The maximum Gasteiger partial charge on any atom is 0.173 e. The van der Waals surface area contributed by atoms with Crippen molar-refractivity contribution >= 4 is 5.78 Å². The molecule has 1 unspecified atom stereocenters. The van der Waals surface area contributed by atoms with E-state index in [0.29, 0.717) is 6.42 Å². The number of rotatable bonds is 8. The summed E-state index contributed by atoms with van der Waals surface area (Å²) in [4.78, 5) is 11.6. The van der Waals surface area contributed by atoms with Crippen molar-refractivity contribution in [3.05, 3.63) is 12.3 Å². The quantitative estimate of drug-likeness (QED) is 0.572. The van der Waals surface area contributed by atoms with Crippen LogP contribution in [0.4, 0.5) is 0 Å². The number of hydrogen-bond acceptors (Lipinski definition) is 2. The van der Waals surface area contributed by atoms with Gasteiger partial charge in [-0.3, -0.25) is 4.79 Å². The van der Waals surface area contributed by atoms with Gasteiger partial charge in [0, 0.05) is 12.8 Å². The summed E-state index contributed by atoms with van der Waals surface area (Å²) >= 11 is 0. The predicted molar refractivity (Wildman–Crippen MR) is 61.6 cm³/mol. The van der Waals surface area contributed by atoms with Gasteiger partial charge in [-0.1, -0.05) is 39.0 Å². The predicted octanol–water partition coefficient (Wildman–Crippen LogP) is 3.61. The molecular weight excluding hydrogens is 188 g/mol. The summed E-state index contributed by atoms with van der Waals surface area (Å²) in [5.74, 6) is 0.274. The Balaban J connectivity index is 1.93. The van der Waals surface area contributed by atoms with Gasteiger partial charge in [0.1, 0.15) is 0 Å². The minimum Gasteiger partial charge on any atom is -0.490 e. The molecule has 1 heterocycles. The van der Waals surface area contributed by atoms with E-state index in [1.54, 1.807) is 6.26 Å². The smallest absolute Gasteiger partial charge is 0.173 e. The van der Waals surface area contributed by atoms with Crippen molar-refractivity contribution in [2.24, 2.45) is 0 Å². The van der Waals surface area contributed by atoms with Crippen LogP contribution in [0.5, 0.6) is 0 Å². The van der Waals surface area contributed by atoms with Crippen molar-refractivity contribution in [1.29, 1.82) is 0 Å². The van der Waals surface area contributed by atoms with Crippen LogP contribution in [0, 0.1) is 0 Å². The van der Waals surface area contributed by atoms with Crippen molar-refractivity contribution in [2.45, 2.75) is 64.4 Å². The Bertz CT molecular complexity index is 201. The van der Waals surface area contributed by atoms with Crippen LogP contribution in [0.3, 0.4) is 0 Å². The highest BCUT2D eigenvalue weighted by Gasteiger charge is 2.19. The Morgan fingerprint density at radius 3 is 2.67 bits per heavy atom. The zero-order valence-corrected chi connectivity index (χ0v) is 9.71. The summed E-state index contributed by atoms with van der Waals surface area (Å²) in [6, 6.07) is 0. The number of ether oxygens (including phenoxy) is 1. The number of ketones is 1. The first kappa shape index (κ1) is 12.3. The van der Waals surface area contributed by atoms with Gasteiger partial charge in [0.25, 0.3) is 0 Å². The molecule has 0 amide bonds. The van der Waals surface area contributed by atoms with E-state index in [1.165, 1.54) is 32.1 Å². The first-order chi connectivity index (χ1) is 7.34. The lowest BCUT2D eigenvalue weighted by Gasteiger charge is -2.08. The van der Waals surface area contributed by atoms with Crippen molar-refractivity contribution in [1.82, 2.24) is 0 Å². The lowest BCUT2D eigenvalue weighted by atomic mass is 10.0. The number of unbranched alkanes of at least 4 members (excludes halogenated alkanes) is 5. The molecule has 15 heavy (non-hydrogen) atoms. The third kappa shape index (κ3) is 5.01. The highest BCUT2D eigenvalue weighted by molar-refractivity contribution is 5.83. The Labute approximate surface area is 92.7 Å².